The van der Waals surface area contributed by atoms with Crippen LogP contribution in [0.1, 0.15) is 25.3 Å². The molecule has 1 heterocycles. The third-order valence-electron chi connectivity index (χ3n) is 3.44. The Morgan fingerprint density at radius 1 is 1.57 bits per heavy atom. The van der Waals surface area contributed by atoms with Crippen LogP contribution in [0.4, 0.5) is 0 Å². The van der Waals surface area contributed by atoms with Crippen LogP contribution in [-0.2, 0) is 14.8 Å². The predicted molar refractivity (Wildman–Crippen MR) is 86.1 cm³/mol. The van der Waals surface area contributed by atoms with Crippen molar-refractivity contribution in [2.45, 2.75) is 30.3 Å². The van der Waals surface area contributed by atoms with Crippen molar-refractivity contribution in [3.8, 4) is 0 Å². The predicted octanol–water partition coefficient (Wildman–Crippen LogP) is 1.82. The second-order valence-electron chi connectivity index (χ2n) is 5.24. The normalized spacial score (nSPS) is 22.4. The Morgan fingerprint density at radius 2 is 2.29 bits per heavy atom. The fourth-order valence-electron chi connectivity index (χ4n) is 2.16. The fraction of sp³-hybridized carbons (Fsp3) is 0.462. The number of benzene rings is 1. The summed E-state index contributed by atoms with van der Waals surface area (Å²) in [5, 5.41) is 0.125. The molecule has 0 aliphatic carbocycles. The van der Waals surface area contributed by atoms with Crippen LogP contribution in [0.15, 0.2) is 23.1 Å². The number of sulfonamides is 1. The van der Waals surface area contributed by atoms with E-state index in [1.165, 1.54) is 12.1 Å². The van der Waals surface area contributed by atoms with Gasteiger partial charge < -0.3 is 10.5 Å². The van der Waals surface area contributed by atoms with Gasteiger partial charge in [-0.25, -0.2) is 13.1 Å². The fourth-order valence-corrected chi connectivity index (χ4v) is 3.97. The summed E-state index contributed by atoms with van der Waals surface area (Å²) in [6, 6.07) is 4.44. The minimum atomic E-state index is -3.75. The summed E-state index contributed by atoms with van der Waals surface area (Å²) in [6.45, 7) is 2.73. The Kier molecular flexibility index (Phi) is 4.89. The first-order chi connectivity index (χ1) is 9.73. The van der Waals surface area contributed by atoms with Crippen molar-refractivity contribution in [3.05, 3.63) is 28.8 Å². The molecule has 1 aromatic rings. The van der Waals surface area contributed by atoms with E-state index in [2.05, 4.69) is 4.72 Å². The summed E-state index contributed by atoms with van der Waals surface area (Å²) in [4.78, 5) is 0.0882. The highest BCUT2D eigenvalue weighted by Gasteiger charge is 2.32. The molecule has 0 amide bonds. The van der Waals surface area contributed by atoms with Crippen molar-refractivity contribution in [3.63, 3.8) is 0 Å². The molecule has 1 aliphatic heterocycles. The zero-order valence-electron chi connectivity index (χ0n) is 11.6. The lowest BCUT2D eigenvalue weighted by molar-refractivity contribution is 0.0250. The zero-order valence-corrected chi connectivity index (χ0v) is 13.9. The van der Waals surface area contributed by atoms with E-state index < -0.39 is 15.6 Å². The van der Waals surface area contributed by atoms with Crippen molar-refractivity contribution in [1.82, 2.24) is 4.72 Å². The van der Waals surface area contributed by atoms with E-state index >= 15 is 0 Å². The Bertz CT molecular complexity index is 655. The van der Waals surface area contributed by atoms with E-state index in [0.717, 1.165) is 12.8 Å². The van der Waals surface area contributed by atoms with Crippen molar-refractivity contribution < 1.29 is 13.2 Å². The van der Waals surface area contributed by atoms with E-state index in [9.17, 15) is 8.42 Å². The lowest BCUT2D eigenvalue weighted by Gasteiger charge is -2.23. The van der Waals surface area contributed by atoms with Gasteiger partial charge in [-0.1, -0.05) is 29.9 Å². The summed E-state index contributed by atoms with van der Waals surface area (Å²) in [5.41, 5.74) is 5.51. The highest BCUT2D eigenvalue weighted by molar-refractivity contribution is 7.89. The molecular weight excluding hydrogens is 332 g/mol. The standard InChI is InChI=1S/C13H17ClN2O3S2/c1-13(5-2-6-19-13)8-16-21(17,18)11-7-9(12(15)20)3-4-10(11)14/h3-4,7,16H,2,5-6,8H2,1H3,(H2,15,20). The molecular formula is C13H17ClN2O3S2. The Hall–Kier alpha value is -0.730. The molecule has 1 aromatic carbocycles. The van der Waals surface area contributed by atoms with Crippen LogP contribution in [0, 0.1) is 0 Å². The summed E-state index contributed by atoms with van der Waals surface area (Å²) in [5.74, 6) is 0. The SMILES string of the molecule is CC1(CNS(=O)(=O)c2cc(C(N)=S)ccc2Cl)CCCO1. The van der Waals surface area contributed by atoms with Gasteiger partial charge in [-0.15, -0.1) is 0 Å². The van der Waals surface area contributed by atoms with Gasteiger partial charge >= 0.3 is 0 Å². The van der Waals surface area contributed by atoms with E-state index in [4.69, 9.17) is 34.3 Å². The molecule has 116 valence electrons. The molecule has 1 unspecified atom stereocenters. The van der Waals surface area contributed by atoms with Gasteiger partial charge in [-0.2, -0.15) is 0 Å². The molecule has 0 radical (unpaired) electrons. The molecule has 1 atom stereocenters. The Balaban J connectivity index is 2.23. The number of halogens is 1. The second-order valence-corrected chi connectivity index (χ2v) is 7.82. The second kappa shape index (κ2) is 6.18. The summed E-state index contributed by atoms with van der Waals surface area (Å²) < 4.78 is 32.9. The molecule has 2 rings (SSSR count). The number of thiocarbonyl (C=S) groups is 1. The molecule has 3 N–H and O–H groups in total. The van der Waals surface area contributed by atoms with Crippen molar-refractivity contribution in [2.24, 2.45) is 5.73 Å². The monoisotopic (exact) mass is 348 g/mol. The molecule has 8 heteroatoms. The molecule has 0 bridgehead atoms. The van der Waals surface area contributed by atoms with Gasteiger partial charge in [0.15, 0.2) is 0 Å². The van der Waals surface area contributed by atoms with E-state index in [-0.39, 0.29) is 21.5 Å². The smallest absolute Gasteiger partial charge is 0.242 e. The first-order valence-corrected chi connectivity index (χ1v) is 8.73. The first kappa shape index (κ1) is 16.6. The van der Waals surface area contributed by atoms with Crippen LogP contribution in [-0.4, -0.2) is 32.2 Å². The van der Waals surface area contributed by atoms with Gasteiger partial charge in [0.1, 0.15) is 9.88 Å². The number of ether oxygens (including phenoxy) is 1. The lowest BCUT2D eigenvalue weighted by Crippen LogP contribution is -2.40. The molecule has 1 aliphatic rings. The Labute approximate surface area is 134 Å². The van der Waals surface area contributed by atoms with Gasteiger partial charge in [0.25, 0.3) is 0 Å². The van der Waals surface area contributed by atoms with Crippen LogP contribution in [0.5, 0.6) is 0 Å². The number of hydrogen-bond acceptors (Lipinski definition) is 4. The molecule has 1 fully saturated rings. The van der Waals surface area contributed by atoms with E-state index in [0.29, 0.717) is 12.2 Å². The maximum Gasteiger partial charge on any atom is 0.242 e. The third-order valence-corrected chi connectivity index (χ3v) is 5.56. The van der Waals surface area contributed by atoms with Gasteiger partial charge in [0.2, 0.25) is 10.0 Å². The number of rotatable bonds is 5. The maximum atomic E-state index is 12.4. The average Bonchev–Trinajstić information content (AvgIpc) is 2.84. The molecule has 0 saturated carbocycles. The largest absolute Gasteiger partial charge is 0.389 e. The van der Waals surface area contributed by atoms with Crippen molar-refractivity contribution >= 4 is 38.8 Å². The highest BCUT2D eigenvalue weighted by atomic mass is 35.5. The molecule has 21 heavy (non-hydrogen) atoms. The average molecular weight is 349 g/mol. The topological polar surface area (TPSA) is 81.4 Å². The van der Waals surface area contributed by atoms with Gasteiger partial charge in [-0.3, -0.25) is 0 Å². The van der Waals surface area contributed by atoms with E-state index in [1.54, 1.807) is 6.07 Å². The summed E-state index contributed by atoms with van der Waals surface area (Å²) in [7, 11) is -3.75. The van der Waals surface area contributed by atoms with Crippen LogP contribution in [0.2, 0.25) is 5.02 Å². The van der Waals surface area contributed by atoms with E-state index in [1.807, 2.05) is 6.92 Å². The molecule has 0 spiro atoms. The highest BCUT2D eigenvalue weighted by Crippen LogP contribution is 2.26. The van der Waals surface area contributed by atoms with Crippen LogP contribution >= 0.6 is 23.8 Å². The van der Waals surface area contributed by atoms with Gasteiger partial charge in [-0.05, 0) is 31.9 Å². The van der Waals surface area contributed by atoms with Crippen LogP contribution in [0.3, 0.4) is 0 Å². The molecule has 5 nitrogen and oxygen atoms in total. The quantitative estimate of drug-likeness (QED) is 0.793. The first-order valence-electron chi connectivity index (χ1n) is 6.46. The van der Waals surface area contributed by atoms with Crippen LogP contribution in [0.25, 0.3) is 0 Å². The maximum absolute atomic E-state index is 12.4. The zero-order chi connectivity index (χ0) is 15.7. The molecule has 1 saturated heterocycles. The lowest BCUT2D eigenvalue weighted by atomic mass is 10.0. The van der Waals surface area contributed by atoms with Gasteiger partial charge in [0, 0.05) is 18.7 Å². The summed E-state index contributed by atoms with van der Waals surface area (Å²) >= 11 is 10.8. The minimum absolute atomic E-state index is 0.0314. The number of nitrogens with two attached hydrogens (primary N) is 1. The molecule has 0 aromatic heterocycles. The van der Waals surface area contributed by atoms with Crippen LogP contribution < -0.4 is 10.5 Å². The van der Waals surface area contributed by atoms with Crippen molar-refractivity contribution in [1.29, 1.82) is 0 Å². The number of hydrogen-bond donors (Lipinski definition) is 2. The minimum Gasteiger partial charge on any atom is -0.389 e. The third kappa shape index (κ3) is 3.92. The van der Waals surface area contributed by atoms with Gasteiger partial charge in [0.05, 0.1) is 10.6 Å². The van der Waals surface area contributed by atoms with Crippen molar-refractivity contribution in [2.75, 3.05) is 13.2 Å². The Morgan fingerprint density at radius 3 is 2.86 bits per heavy atom. The number of nitrogens with one attached hydrogen (secondary N) is 1. The summed E-state index contributed by atoms with van der Waals surface area (Å²) in [6.07, 6.45) is 1.74.